The van der Waals surface area contributed by atoms with Crippen LogP contribution in [0.3, 0.4) is 0 Å². The molecule has 1 fully saturated rings. The molecule has 4 rings (SSSR count). The number of primary amides is 1. The molecular weight excluding hydrogens is 497 g/mol. The highest BCUT2D eigenvalue weighted by Gasteiger charge is 2.35. The second kappa shape index (κ2) is 11.3. The molecule has 38 heavy (non-hydrogen) atoms. The van der Waals surface area contributed by atoms with E-state index < -0.39 is 23.6 Å². The van der Waals surface area contributed by atoms with Crippen molar-refractivity contribution in [1.29, 1.82) is 0 Å². The van der Waals surface area contributed by atoms with Crippen molar-refractivity contribution in [2.45, 2.75) is 64.1 Å². The molecule has 0 aliphatic carbocycles. The van der Waals surface area contributed by atoms with E-state index in [1.165, 1.54) is 0 Å². The maximum absolute atomic E-state index is 13.8. The smallest absolute Gasteiger partial charge is 0.369 e. The molecule has 1 unspecified atom stereocenters. The summed E-state index contributed by atoms with van der Waals surface area (Å²) < 4.78 is 43.1. The third-order valence-electron chi connectivity index (χ3n) is 7.10. The molecule has 11 heteroatoms. The van der Waals surface area contributed by atoms with E-state index in [1.807, 2.05) is 15.8 Å². The predicted octanol–water partition coefficient (Wildman–Crippen LogP) is 3.84. The Morgan fingerprint density at radius 3 is 2.50 bits per heavy atom. The van der Waals surface area contributed by atoms with Gasteiger partial charge in [-0.05, 0) is 49.3 Å². The summed E-state index contributed by atoms with van der Waals surface area (Å²) in [7, 11) is 0. The second-order valence-electron chi connectivity index (χ2n) is 9.71. The number of benzene rings is 1. The molecule has 3 heterocycles. The minimum atomic E-state index is -4.59. The Bertz CT molecular complexity index is 1300. The molecule has 0 bridgehead atoms. The standard InChI is InChI=1S/C27H31F3N6O2/c1-17(26(31)38)22-6-4-3-5-20(22)7-8-24-23(27(28,29)30)15-32-25(34-24)13-19-14-33-36(16-19)21-9-11-35(12-10-21)18(2)37/h3-6,14-17,21H,7-13H2,1-2H3,(H2,31,38). The van der Waals surface area contributed by atoms with Gasteiger partial charge in [-0.3, -0.25) is 14.3 Å². The maximum atomic E-state index is 13.8. The van der Waals surface area contributed by atoms with Crippen LogP contribution >= 0.6 is 0 Å². The lowest BCUT2D eigenvalue weighted by molar-refractivity contribution is -0.138. The van der Waals surface area contributed by atoms with Gasteiger partial charge in [0.05, 0.1) is 29.4 Å². The summed E-state index contributed by atoms with van der Waals surface area (Å²) in [5.41, 5.74) is 6.75. The summed E-state index contributed by atoms with van der Waals surface area (Å²) in [5, 5.41) is 4.44. The van der Waals surface area contributed by atoms with Crippen molar-refractivity contribution < 1.29 is 22.8 Å². The van der Waals surface area contributed by atoms with E-state index in [0.717, 1.165) is 30.2 Å². The number of hydrogen-bond donors (Lipinski definition) is 1. The normalized spacial score (nSPS) is 15.4. The first-order valence-corrected chi connectivity index (χ1v) is 12.6. The van der Waals surface area contributed by atoms with Gasteiger partial charge in [0, 0.05) is 38.8 Å². The van der Waals surface area contributed by atoms with E-state index in [1.54, 1.807) is 44.3 Å². The number of hydrogen-bond acceptors (Lipinski definition) is 5. The number of aryl methyl sites for hydroxylation is 2. The fourth-order valence-corrected chi connectivity index (χ4v) is 4.86. The summed E-state index contributed by atoms with van der Waals surface area (Å²) in [6, 6.07) is 7.27. The number of rotatable bonds is 8. The number of amides is 2. The summed E-state index contributed by atoms with van der Waals surface area (Å²) in [6.45, 7) is 4.58. The molecule has 3 aromatic rings. The average molecular weight is 529 g/mol. The van der Waals surface area contributed by atoms with Crippen molar-refractivity contribution in [2.75, 3.05) is 13.1 Å². The van der Waals surface area contributed by atoms with Crippen LogP contribution in [-0.2, 0) is 35.0 Å². The van der Waals surface area contributed by atoms with Crippen molar-refractivity contribution >= 4 is 11.8 Å². The first-order chi connectivity index (χ1) is 18.0. The van der Waals surface area contributed by atoms with Gasteiger partial charge in [-0.1, -0.05) is 24.3 Å². The highest BCUT2D eigenvalue weighted by atomic mass is 19.4. The third kappa shape index (κ3) is 6.38. The van der Waals surface area contributed by atoms with Gasteiger partial charge in [0.2, 0.25) is 11.8 Å². The maximum Gasteiger partial charge on any atom is 0.419 e. The van der Waals surface area contributed by atoms with Gasteiger partial charge < -0.3 is 10.6 Å². The van der Waals surface area contributed by atoms with Crippen molar-refractivity contribution in [3.63, 3.8) is 0 Å². The number of alkyl halides is 3. The predicted molar refractivity (Wildman–Crippen MR) is 134 cm³/mol. The Balaban J connectivity index is 1.50. The van der Waals surface area contributed by atoms with Crippen LogP contribution in [0.1, 0.15) is 72.4 Å². The van der Waals surface area contributed by atoms with Crippen LogP contribution in [0.25, 0.3) is 0 Å². The van der Waals surface area contributed by atoms with Crippen LogP contribution in [0.4, 0.5) is 13.2 Å². The van der Waals surface area contributed by atoms with Crippen molar-refractivity contribution in [2.24, 2.45) is 5.73 Å². The molecule has 2 amide bonds. The first-order valence-electron chi connectivity index (χ1n) is 12.6. The number of aromatic nitrogens is 4. The molecule has 1 aliphatic rings. The number of nitrogens with zero attached hydrogens (tertiary/aromatic N) is 5. The molecule has 202 valence electrons. The van der Waals surface area contributed by atoms with Crippen molar-refractivity contribution in [3.05, 3.63) is 76.6 Å². The molecule has 0 radical (unpaired) electrons. The third-order valence-corrected chi connectivity index (χ3v) is 7.10. The van der Waals surface area contributed by atoms with E-state index in [-0.39, 0.29) is 42.7 Å². The lowest BCUT2D eigenvalue weighted by Crippen LogP contribution is -2.37. The average Bonchev–Trinajstić information content (AvgIpc) is 3.35. The quantitative estimate of drug-likeness (QED) is 0.478. The molecule has 1 aliphatic heterocycles. The van der Waals surface area contributed by atoms with Gasteiger partial charge in [0.1, 0.15) is 5.82 Å². The molecular formula is C27H31F3N6O2. The van der Waals surface area contributed by atoms with E-state index >= 15 is 0 Å². The van der Waals surface area contributed by atoms with Gasteiger partial charge in [0.25, 0.3) is 0 Å². The van der Waals surface area contributed by atoms with Gasteiger partial charge in [0.15, 0.2) is 0 Å². The summed E-state index contributed by atoms with van der Waals surface area (Å²) >= 11 is 0. The highest BCUT2D eigenvalue weighted by molar-refractivity contribution is 5.81. The fraction of sp³-hybridized carbons (Fsp3) is 0.444. The molecule has 1 atom stereocenters. The number of nitrogens with two attached hydrogens (primary N) is 1. The SMILES string of the molecule is CC(=O)N1CCC(n2cc(Cc3ncc(C(F)(F)F)c(CCc4ccccc4C(C)C(N)=O)n3)cn2)CC1. The van der Waals surface area contributed by atoms with Crippen LogP contribution in [0.15, 0.2) is 42.9 Å². The van der Waals surface area contributed by atoms with Crippen LogP contribution in [0, 0.1) is 0 Å². The monoisotopic (exact) mass is 528 g/mol. The van der Waals surface area contributed by atoms with E-state index in [2.05, 4.69) is 15.1 Å². The Labute approximate surface area is 219 Å². The number of piperidine rings is 1. The Hall–Kier alpha value is -3.76. The molecule has 0 saturated carbocycles. The Morgan fingerprint density at radius 2 is 1.84 bits per heavy atom. The van der Waals surface area contributed by atoms with Gasteiger partial charge in [-0.25, -0.2) is 9.97 Å². The summed E-state index contributed by atoms with van der Waals surface area (Å²) in [4.78, 5) is 33.4. The van der Waals surface area contributed by atoms with Crippen molar-refractivity contribution in [1.82, 2.24) is 24.6 Å². The molecule has 1 saturated heterocycles. The lowest BCUT2D eigenvalue weighted by atomic mass is 9.92. The van der Waals surface area contributed by atoms with Gasteiger partial charge in [-0.2, -0.15) is 18.3 Å². The number of carbonyl (C=O) groups excluding carboxylic acids is 2. The number of halogens is 3. The van der Waals surface area contributed by atoms with E-state index in [0.29, 0.717) is 18.7 Å². The van der Waals surface area contributed by atoms with E-state index in [4.69, 9.17) is 5.73 Å². The Kier molecular flexibility index (Phi) is 8.13. The van der Waals surface area contributed by atoms with E-state index in [9.17, 15) is 22.8 Å². The molecule has 0 spiro atoms. The van der Waals surface area contributed by atoms with Crippen LogP contribution in [0.2, 0.25) is 0 Å². The van der Waals surface area contributed by atoms with Gasteiger partial charge in [-0.15, -0.1) is 0 Å². The topological polar surface area (TPSA) is 107 Å². The number of carbonyl (C=O) groups is 2. The molecule has 2 N–H and O–H groups in total. The first kappa shape index (κ1) is 27.3. The Morgan fingerprint density at radius 1 is 1.13 bits per heavy atom. The van der Waals surface area contributed by atoms with Crippen LogP contribution < -0.4 is 5.73 Å². The second-order valence-corrected chi connectivity index (χ2v) is 9.71. The zero-order valence-corrected chi connectivity index (χ0v) is 21.4. The minimum Gasteiger partial charge on any atom is -0.369 e. The number of likely N-dealkylation sites (tertiary alicyclic amines) is 1. The molecule has 8 nitrogen and oxygen atoms in total. The van der Waals surface area contributed by atoms with Crippen LogP contribution in [0.5, 0.6) is 0 Å². The fourth-order valence-electron chi connectivity index (χ4n) is 4.86. The zero-order valence-electron chi connectivity index (χ0n) is 21.4. The lowest BCUT2D eigenvalue weighted by Gasteiger charge is -2.31. The van der Waals surface area contributed by atoms with Gasteiger partial charge >= 0.3 is 6.18 Å². The van der Waals surface area contributed by atoms with Crippen LogP contribution in [-0.4, -0.2) is 49.6 Å². The molecule has 1 aromatic carbocycles. The zero-order chi connectivity index (χ0) is 27.4. The summed E-state index contributed by atoms with van der Waals surface area (Å²) in [6.07, 6.45) is 1.92. The molecule has 2 aromatic heterocycles. The highest BCUT2D eigenvalue weighted by Crippen LogP contribution is 2.32. The minimum absolute atomic E-state index is 0.0286. The van der Waals surface area contributed by atoms with Crippen molar-refractivity contribution in [3.8, 4) is 0 Å². The summed E-state index contributed by atoms with van der Waals surface area (Å²) in [5.74, 6) is -0.716. The largest absolute Gasteiger partial charge is 0.419 e.